The van der Waals surface area contributed by atoms with E-state index in [4.69, 9.17) is 23.2 Å². The van der Waals surface area contributed by atoms with Crippen LogP contribution in [0.3, 0.4) is 0 Å². The molecule has 5 heteroatoms. The van der Waals surface area contributed by atoms with Crippen LogP contribution in [0.4, 0.5) is 0 Å². The molecule has 1 N–H and O–H groups in total. The number of rotatable bonds is 1. The van der Waals surface area contributed by atoms with Crippen LogP contribution in [0, 0.1) is 11.8 Å². The van der Waals surface area contributed by atoms with Gasteiger partial charge < -0.3 is 10.2 Å². The molecule has 0 aromatic heterocycles. The van der Waals surface area contributed by atoms with Crippen molar-refractivity contribution >= 4 is 29.1 Å². The highest BCUT2D eigenvalue weighted by Crippen LogP contribution is 2.35. The van der Waals surface area contributed by atoms with Crippen LogP contribution < -0.4 is 5.32 Å². The molecule has 2 heterocycles. The first-order valence-electron chi connectivity index (χ1n) is 6.55. The monoisotopic (exact) mass is 298 g/mol. The summed E-state index contributed by atoms with van der Waals surface area (Å²) in [7, 11) is 0. The highest BCUT2D eigenvalue weighted by atomic mass is 35.5. The van der Waals surface area contributed by atoms with E-state index in [0.29, 0.717) is 27.4 Å². The topological polar surface area (TPSA) is 32.3 Å². The Morgan fingerprint density at radius 3 is 2.89 bits per heavy atom. The van der Waals surface area contributed by atoms with Crippen molar-refractivity contribution in [3.63, 3.8) is 0 Å². The van der Waals surface area contributed by atoms with Gasteiger partial charge in [-0.25, -0.2) is 0 Å². The summed E-state index contributed by atoms with van der Waals surface area (Å²) in [5, 5.41) is 4.18. The van der Waals surface area contributed by atoms with Crippen LogP contribution in [-0.2, 0) is 0 Å². The van der Waals surface area contributed by atoms with Crippen molar-refractivity contribution in [2.45, 2.75) is 13.0 Å². The van der Waals surface area contributed by atoms with Gasteiger partial charge in [0, 0.05) is 25.7 Å². The zero-order valence-electron chi connectivity index (χ0n) is 10.7. The van der Waals surface area contributed by atoms with Gasteiger partial charge in [0.2, 0.25) is 0 Å². The molecule has 2 fully saturated rings. The maximum absolute atomic E-state index is 12.6. The van der Waals surface area contributed by atoms with E-state index in [1.165, 1.54) is 0 Å². The fraction of sp³-hybridized carbons (Fsp3) is 0.500. The molecule has 2 aliphatic heterocycles. The van der Waals surface area contributed by atoms with Crippen LogP contribution in [0.25, 0.3) is 0 Å². The third-order valence-electron chi connectivity index (χ3n) is 4.38. The van der Waals surface area contributed by atoms with E-state index in [1.807, 2.05) is 4.90 Å². The SMILES string of the molecule is CC1C2CNCC2CN1C(=O)c1cccc(Cl)c1Cl. The van der Waals surface area contributed by atoms with Crippen molar-refractivity contribution in [1.29, 1.82) is 0 Å². The van der Waals surface area contributed by atoms with Gasteiger partial charge in [0.25, 0.3) is 5.91 Å². The van der Waals surface area contributed by atoms with E-state index in [2.05, 4.69) is 12.2 Å². The van der Waals surface area contributed by atoms with Gasteiger partial charge >= 0.3 is 0 Å². The smallest absolute Gasteiger partial charge is 0.255 e. The zero-order valence-corrected chi connectivity index (χ0v) is 12.2. The Kier molecular flexibility index (Phi) is 3.46. The molecule has 0 aliphatic carbocycles. The van der Waals surface area contributed by atoms with Crippen LogP contribution in [0.5, 0.6) is 0 Å². The minimum Gasteiger partial charge on any atom is -0.335 e. The van der Waals surface area contributed by atoms with Gasteiger partial charge in [-0.15, -0.1) is 0 Å². The molecule has 0 bridgehead atoms. The summed E-state index contributed by atoms with van der Waals surface area (Å²) in [4.78, 5) is 14.6. The molecule has 102 valence electrons. The van der Waals surface area contributed by atoms with E-state index in [0.717, 1.165) is 19.6 Å². The lowest BCUT2D eigenvalue weighted by Gasteiger charge is -2.25. The number of nitrogens with zero attached hydrogens (tertiary/aromatic N) is 1. The summed E-state index contributed by atoms with van der Waals surface area (Å²) in [6, 6.07) is 5.47. The predicted octanol–water partition coefficient (Wildman–Crippen LogP) is 2.67. The second-order valence-electron chi connectivity index (χ2n) is 5.38. The molecule has 1 aromatic carbocycles. The van der Waals surface area contributed by atoms with Gasteiger partial charge in [0.05, 0.1) is 15.6 Å². The van der Waals surface area contributed by atoms with Crippen molar-refractivity contribution in [1.82, 2.24) is 10.2 Å². The summed E-state index contributed by atoms with van der Waals surface area (Å²) < 4.78 is 0. The molecule has 3 nitrogen and oxygen atoms in total. The molecule has 3 unspecified atom stereocenters. The fourth-order valence-corrected chi connectivity index (χ4v) is 3.64. The lowest BCUT2D eigenvalue weighted by molar-refractivity contribution is 0.0728. The number of benzene rings is 1. The number of amides is 1. The molecule has 0 radical (unpaired) electrons. The van der Waals surface area contributed by atoms with E-state index in [9.17, 15) is 4.79 Å². The molecule has 1 amide bonds. The molecule has 3 atom stereocenters. The second-order valence-corrected chi connectivity index (χ2v) is 6.17. The number of hydrogen-bond acceptors (Lipinski definition) is 2. The van der Waals surface area contributed by atoms with Crippen molar-refractivity contribution in [3.8, 4) is 0 Å². The number of fused-ring (bicyclic) bond motifs is 1. The molecule has 2 saturated heterocycles. The standard InChI is InChI=1S/C14H16Cl2N2O/c1-8-11-6-17-5-9(11)7-18(8)14(19)10-3-2-4-12(15)13(10)16/h2-4,8-9,11,17H,5-7H2,1H3. The summed E-state index contributed by atoms with van der Waals surface area (Å²) in [5.41, 5.74) is 0.508. The maximum Gasteiger partial charge on any atom is 0.255 e. The second kappa shape index (κ2) is 4.97. The number of likely N-dealkylation sites (tertiary alicyclic amines) is 1. The number of hydrogen-bond donors (Lipinski definition) is 1. The highest BCUT2D eigenvalue weighted by Gasteiger charge is 2.44. The number of carbonyl (C=O) groups is 1. The molecule has 1 aromatic rings. The van der Waals surface area contributed by atoms with Crippen LogP contribution in [-0.4, -0.2) is 36.5 Å². The molecule has 2 aliphatic rings. The Balaban J connectivity index is 1.87. The number of carbonyl (C=O) groups excluding carboxylic acids is 1. The average Bonchev–Trinajstić information content (AvgIpc) is 2.96. The molecular weight excluding hydrogens is 283 g/mol. The quantitative estimate of drug-likeness (QED) is 0.864. The Bertz CT molecular complexity index is 520. The minimum atomic E-state index is -0.00519. The van der Waals surface area contributed by atoms with Crippen LogP contribution in [0.2, 0.25) is 10.0 Å². The van der Waals surface area contributed by atoms with Gasteiger partial charge in [-0.05, 0) is 30.9 Å². The van der Waals surface area contributed by atoms with Crippen molar-refractivity contribution in [2.24, 2.45) is 11.8 Å². The first-order valence-corrected chi connectivity index (χ1v) is 7.31. The first kappa shape index (κ1) is 13.2. The molecule has 0 saturated carbocycles. The van der Waals surface area contributed by atoms with Crippen LogP contribution in [0.15, 0.2) is 18.2 Å². The van der Waals surface area contributed by atoms with E-state index >= 15 is 0 Å². The minimum absolute atomic E-state index is 0.00519. The van der Waals surface area contributed by atoms with Crippen LogP contribution >= 0.6 is 23.2 Å². The van der Waals surface area contributed by atoms with E-state index in [-0.39, 0.29) is 11.9 Å². The summed E-state index contributed by atoms with van der Waals surface area (Å²) >= 11 is 12.1. The van der Waals surface area contributed by atoms with E-state index < -0.39 is 0 Å². The Morgan fingerprint density at radius 1 is 1.37 bits per heavy atom. The van der Waals surface area contributed by atoms with Crippen molar-refractivity contribution in [2.75, 3.05) is 19.6 Å². The van der Waals surface area contributed by atoms with Gasteiger partial charge in [-0.2, -0.15) is 0 Å². The fourth-order valence-electron chi connectivity index (χ4n) is 3.26. The summed E-state index contributed by atoms with van der Waals surface area (Å²) in [6.45, 7) is 4.93. The molecule has 0 spiro atoms. The van der Waals surface area contributed by atoms with Crippen molar-refractivity contribution < 1.29 is 4.79 Å². The van der Waals surface area contributed by atoms with Gasteiger partial charge in [0.1, 0.15) is 0 Å². The Hall–Kier alpha value is -0.770. The number of nitrogens with one attached hydrogen (secondary N) is 1. The molecular formula is C14H16Cl2N2O. The van der Waals surface area contributed by atoms with Crippen LogP contribution in [0.1, 0.15) is 17.3 Å². The third-order valence-corrected chi connectivity index (χ3v) is 5.20. The van der Waals surface area contributed by atoms with Gasteiger partial charge in [-0.3, -0.25) is 4.79 Å². The highest BCUT2D eigenvalue weighted by molar-refractivity contribution is 6.43. The lowest BCUT2D eigenvalue weighted by Crippen LogP contribution is -2.38. The van der Waals surface area contributed by atoms with E-state index in [1.54, 1.807) is 18.2 Å². The zero-order chi connectivity index (χ0) is 13.6. The molecule has 19 heavy (non-hydrogen) atoms. The maximum atomic E-state index is 12.6. The normalized spacial score (nSPS) is 29.6. The third kappa shape index (κ3) is 2.14. The average molecular weight is 299 g/mol. The van der Waals surface area contributed by atoms with Gasteiger partial charge in [-0.1, -0.05) is 29.3 Å². The summed E-state index contributed by atoms with van der Waals surface area (Å²) in [6.07, 6.45) is 0. The largest absolute Gasteiger partial charge is 0.335 e. The number of halogens is 2. The van der Waals surface area contributed by atoms with Crippen molar-refractivity contribution in [3.05, 3.63) is 33.8 Å². The predicted molar refractivity (Wildman–Crippen MR) is 76.8 cm³/mol. The Morgan fingerprint density at radius 2 is 2.16 bits per heavy atom. The first-order chi connectivity index (χ1) is 9.09. The summed E-state index contributed by atoms with van der Waals surface area (Å²) in [5.74, 6) is 1.12. The van der Waals surface area contributed by atoms with Gasteiger partial charge in [0.15, 0.2) is 0 Å². The molecule has 3 rings (SSSR count). The lowest BCUT2D eigenvalue weighted by atomic mass is 9.95. The Labute approximate surface area is 122 Å².